The van der Waals surface area contributed by atoms with Gasteiger partial charge in [-0.2, -0.15) is 0 Å². The maximum atomic E-state index is 13.9. The van der Waals surface area contributed by atoms with Crippen LogP contribution >= 0.6 is 11.3 Å². The molecule has 2 aromatic heterocycles. The van der Waals surface area contributed by atoms with Gasteiger partial charge in [0, 0.05) is 19.5 Å². The van der Waals surface area contributed by atoms with Crippen LogP contribution in [0.3, 0.4) is 0 Å². The molecule has 0 unspecified atom stereocenters. The second kappa shape index (κ2) is 7.23. The summed E-state index contributed by atoms with van der Waals surface area (Å²) in [7, 11) is 0. The van der Waals surface area contributed by atoms with Crippen molar-refractivity contribution in [3.8, 4) is 0 Å². The number of carbonyl (C=O) groups is 1. The summed E-state index contributed by atoms with van der Waals surface area (Å²) in [6.07, 6.45) is 5.40. The molecule has 1 fully saturated rings. The van der Waals surface area contributed by atoms with E-state index >= 15 is 0 Å². The van der Waals surface area contributed by atoms with Crippen LogP contribution in [0, 0.1) is 5.82 Å². The highest BCUT2D eigenvalue weighted by Crippen LogP contribution is 2.34. The van der Waals surface area contributed by atoms with Gasteiger partial charge in [0.05, 0.1) is 23.3 Å². The summed E-state index contributed by atoms with van der Waals surface area (Å²) in [5.41, 5.74) is 1.89. The Hall–Kier alpha value is -2.54. The van der Waals surface area contributed by atoms with Gasteiger partial charge in [0.25, 0.3) is 5.91 Å². The van der Waals surface area contributed by atoms with Crippen molar-refractivity contribution < 1.29 is 13.6 Å². The Bertz CT molecular complexity index is 940. The third-order valence-electron chi connectivity index (χ3n) is 5.02. The van der Waals surface area contributed by atoms with Crippen LogP contribution in [0.15, 0.2) is 46.6 Å². The Morgan fingerprint density at radius 2 is 2.22 bits per heavy atom. The lowest BCUT2D eigenvalue weighted by atomic mass is 9.81. The molecule has 1 amide bonds. The van der Waals surface area contributed by atoms with E-state index < -0.39 is 0 Å². The SMILES string of the molecule is C[C@]1(c2ncc(Cc3ccccc3F)o2)CCCN(C(=O)c2cncs2)C1. The number of hydrogen-bond acceptors (Lipinski definition) is 5. The summed E-state index contributed by atoms with van der Waals surface area (Å²) >= 11 is 1.35. The summed E-state index contributed by atoms with van der Waals surface area (Å²) in [6.45, 7) is 3.33. The minimum atomic E-state index is -0.355. The van der Waals surface area contributed by atoms with Crippen LogP contribution in [0.5, 0.6) is 0 Å². The maximum absolute atomic E-state index is 13.9. The van der Waals surface area contributed by atoms with Crippen molar-refractivity contribution in [2.24, 2.45) is 0 Å². The molecule has 1 saturated heterocycles. The zero-order chi connectivity index (χ0) is 18.9. The predicted octanol–water partition coefficient (Wildman–Crippen LogP) is 4.05. The minimum Gasteiger partial charge on any atom is -0.445 e. The summed E-state index contributed by atoms with van der Waals surface area (Å²) in [5, 5.41) is 0. The molecule has 1 aromatic carbocycles. The molecular formula is C20H20FN3O2S. The van der Waals surface area contributed by atoms with Crippen molar-refractivity contribution in [2.75, 3.05) is 13.1 Å². The Morgan fingerprint density at radius 1 is 1.37 bits per heavy atom. The van der Waals surface area contributed by atoms with Gasteiger partial charge in [-0.05, 0) is 31.4 Å². The van der Waals surface area contributed by atoms with Crippen LogP contribution in [0.1, 0.15) is 46.7 Å². The summed E-state index contributed by atoms with van der Waals surface area (Å²) in [6, 6.07) is 6.66. The maximum Gasteiger partial charge on any atom is 0.265 e. The highest BCUT2D eigenvalue weighted by Gasteiger charge is 2.39. The molecule has 0 aliphatic carbocycles. The van der Waals surface area contributed by atoms with Crippen molar-refractivity contribution in [2.45, 2.75) is 31.6 Å². The number of nitrogens with zero attached hydrogens (tertiary/aromatic N) is 3. The molecule has 3 aromatic rings. The van der Waals surface area contributed by atoms with Crippen LogP contribution in [0.25, 0.3) is 0 Å². The van der Waals surface area contributed by atoms with Gasteiger partial charge in [-0.25, -0.2) is 9.37 Å². The number of carbonyl (C=O) groups excluding carboxylic acids is 1. The van der Waals surface area contributed by atoms with Gasteiger partial charge in [0.2, 0.25) is 5.89 Å². The van der Waals surface area contributed by atoms with Gasteiger partial charge < -0.3 is 9.32 Å². The Morgan fingerprint density at radius 3 is 3.00 bits per heavy atom. The molecule has 3 heterocycles. The van der Waals surface area contributed by atoms with Gasteiger partial charge in [0.1, 0.15) is 16.5 Å². The van der Waals surface area contributed by atoms with E-state index in [1.807, 2.05) is 4.90 Å². The zero-order valence-electron chi connectivity index (χ0n) is 15.0. The lowest BCUT2D eigenvalue weighted by Gasteiger charge is -2.38. The van der Waals surface area contributed by atoms with E-state index in [1.165, 1.54) is 17.4 Å². The summed E-state index contributed by atoms with van der Waals surface area (Å²) in [5.74, 6) is 0.986. The molecule has 27 heavy (non-hydrogen) atoms. The normalized spacial score (nSPS) is 20.0. The highest BCUT2D eigenvalue weighted by molar-refractivity contribution is 7.11. The fraction of sp³-hybridized carbons (Fsp3) is 0.350. The summed E-state index contributed by atoms with van der Waals surface area (Å²) in [4.78, 5) is 23.6. The molecule has 1 atom stereocenters. The second-order valence-electron chi connectivity index (χ2n) is 7.16. The van der Waals surface area contributed by atoms with E-state index in [9.17, 15) is 9.18 Å². The van der Waals surface area contributed by atoms with E-state index in [0.717, 1.165) is 19.4 Å². The van der Waals surface area contributed by atoms with Crippen LogP contribution in [0.4, 0.5) is 4.39 Å². The van der Waals surface area contributed by atoms with E-state index in [2.05, 4.69) is 16.9 Å². The lowest BCUT2D eigenvalue weighted by Crippen LogP contribution is -2.47. The molecule has 4 rings (SSSR count). The van der Waals surface area contributed by atoms with Gasteiger partial charge in [-0.1, -0.05) is 18.2 Å². The molecule has 0 N–H and O–H groups in total. The molecule has 7 heteroatoms. The molecule has 0 radical (unpaired) electrons. The van der Waals surface area contributed by atoms with Gasteiger partial charge in [-0.15, -0.1) is 11.3 Å². The lowest BCUT2D eigenvalue weighted by molar-refractivity contribution is 0.0630. The number of oxazole rings is 1. The van der Waals surface area contributed by atoms with E-state index in [4.69, 9.17) is 4.42 Å². The molecule has 1 aliphatic rings. The largest absolute Gasteiger partial charge is 0.445 e. The van der Waals surface area contributed by atoms with Crippen LogP contribution in [-0.4, -0.2) is 33.9 Å². The quantitative estimate of drug-likeness (QED) is 0.680. The van der Waals surface area contributed by atoms with Crippen molar-refractivity contribution in [1.82, 2.24) is 14.9 Å². The van der Waals surface area contributed by atoms with Crippen molar-refractivity contribution in [1.29, 1.82) is 0 Å². The molecule has 0 saturated carbocycles. The predicted molar refractivity (Wildman–Crippen MR) is 100 cm³/mol. The van der Waals surface area contributed by atoms with Crippen molar-refractivity contribution in [3.63, 3.8) is 0 Å². The summed E-state index contributed by atoms with van der Waals surface area (Å²) < 4.78 is 19.9. The number of likely N-dealkylation sites (tertiary alicyclic amines) is 1. The first-order chi connectivity index (χ1) is 13.0. The van der Waals surface area contributed by atoms with Crippen LogP contribution in [-0.2, 0) is 11.8 Å². The Kier molecular flexibility index (Phi) is 4.78. The number of thiazole rings is 1. The van der Waals surface area contributed by atoms with Crippen LogP contribution in [0.2, 0.25) is 0 Å². The number of hydrogen-bond donors (Lipinski definition) is 0. The molecule has 140 valence electrons. The van der Waals surface area contributed by atoms with Crippen LogP contribution < -0.4 is 0 Å². The first kappa shape index (κ1) is 17.9. The topological polar surface area (TPSA) is 59.2 Å². The number of benzene rings is 1. The highest BCUT2D eigenvalue weighted by atomic mass is 32.1. The number of rotatable bonds is 4. The zero-order valence-corrected chi connectivity index (χ0v) is 15.8. The average molecular weight is 385 g/mol. The monoisotopic (exact) mass is 385 g/mol. The first-order valence-electron chi connectivity index (χ1n) is 8.91. The molecule has 0 bridgehead atoms. The standard InChI is InChI=1S/C20H20FN3O2S/c1-20(7-4-8-24(12-20)18(25)17-11-22-13-27-17)19-23-10-15(26-19)9-14-5-2-3-6-16(14)21/h2-3,5-6,10-11,13H,4,7-9,12H2,1H3/t20-/m0/s1. The van der Waals surface area contributed by atoms with E-state index in [1.54, 1.807) is 36.1 Å². The fourth-order valence-corrected chi connectivity index (χ4v) is 4.15. The Labute approximate surface area is 160 Å². The van der Waals surface area contributed by atoms with E-state index in [0.29, 0.717) is 35.1 Å². The Balaban J connectivity index is 1.51. The van der Waals surface area contributed by atoms with Gasteiger partial charge in [-0.3, -0.25) is 9.78 Å². The number of aromatic nitrogens is 2. The van der Waals surface area contributed by atoms with E-state index in [-0.39, 0.29) is 17.1 Å². The number of piperidine rings is 1. The minimum absolute atomic E-state index is 0.00145. The van der Waals surface area contributed by atoms with Gasteiger partial charge >= 0.3 is 0 Å². The molecule has 5 nitrogen and oxygen atoms in total. The molecular weight excluding hydrogens is 365 g/mol. The van der Waals surface area contributed by atoms with Crippen molar-refractivity contribution >= 4 is 17.2 Å². The average Bonchev–Trinajstić information content (AvgIpc) is 3.35. The smallest absolute Gasteiger partial charge is 0.265 e. The fourth-order valence-electron chi connectivity index (χ4n) is 3.56. The molecule has 0 spiro atoms. The molecule has 1 aliphatic heterocycles. The van der Waals surface area contributed by atoms with Gasteiger partial charge in [0.15, 0.2) is 0 Å². The second-order valence-corrected chi connectivity index (χ2v) is 8.04. The third-order valence-corrected chi connectivity index (χ3v) is 5.78. The van der Waals surface area contributed by atoms with Crippen molar-refractivity contribution in [3.05, 3.63) is 70.1 Å². The number of halogens is 1. The first-order valence-corrected chi connectivity index (χ1v) is 9.79. The third kappa shape index (κ3) is 3.64. The number of amides is 1.